The van der Waals surface area contributed by atoms with Crippen molar-refractivity contribution in [2.75, 3.05) is 13.2 Å². The molecule has 0 radical (unpaired) electrons. The molecule has 20 heavy (non-hydrogen) atoms. The highest BCUT2D eigenvalue weighted by atomic mass is 16.6. The van der Waals surface area contributed by atoms with Crippen molar-refractivity contribution in [2.24, 2.45) is 0 Å². The van der Waals surface area contributed by atoms with Gasteiger partial charge in [0.1, 0.15) is 13.2 Å². The second kappa shape index (κ2) is 9.27. The second-order valence-electron chi connectivity index (χ2n) is 4.23. The zero-order chi connectivity index (χ0) is 15.7. The fourth-order valence-corrected chi connectivity index (χ4v) is 1.15. The van der Waals surface area contributed by atoms with Gasteiger partial charge in [-0.25, -0.2) is 0 Å². The van der Waals surface area contributed by atoms with E-state index in [2.05, 4.69) is 4.74 Å². The monoisotopic (exact) mass is 292 g/mol. The van der Waals surface area contributed by atoms with Crippen molar-refractivity contribution < 1.29 is 38.8 Å². The summed E-state index contributed by atoms with van der Waals surface area (Å²) in [4.78, 5) is 32.8. The smallest absolute Gasteiger partial charge is 0.308 e. The highest BCUT2D eigenvalue weighted by molar-refractivity contribution is 5.70. The molecule has 8 nitrogen and oxygen atoms in total. The van der Waals surface area contributed by atoms with Gasteiger partial charge in [0.05, 0.1) is 18.6 Å². The number of esters is 3. The first kappa shape index (κ1) is 18.3. The molecule has 0 saturated heterocycles. The van der Waals surface area contributed by atoms with Gasteiger partial charge in [-0.2, -0.15) is 0 Å². The van der Waals surface area contributed by atoms with Crippen LogP contribution in [-0.4, -0.2) is 59.6 Å². The van der Waals surface area contributed by atoms with Crippen LogP contribution in [0.15, 0.2) is 0 Å². The summed E-state index contributed by atoms with van der Waals surface area (Å²) in [5, 5.41) is 18.3. The molecule has 2 N–H and O–H groups in total. The maximum Gasteiger partial charge on any atom is 0.308 e. The topological polar surface area (TPSA) is 119 Å². The van der Waals surface area contributed by atoms with Gasteiger partial charge in [-0.15, -0.1) is 0 Å². The van der Waals surface area contributed by atoms with Gasteiger partial charge in [0.2, 0.25) is 0 Å². The largest absolute Gasteiger partial charge is 0.462 e. The van der Waals surface area contributed by atoms with Crippen molar-refractivity contribution in [3.05, 3.63) is 0 Å². The lowest BCUT2D eigenvalue weighted by atomic mass is 10.2. The second-order valence-corrected chi connectivity index (χ2v) is 4.23. The van der Waals surface area contributed by atoms with Crippen LogP contribution < -0.4 is 0 Å². The summed E-state index contributed by atoms with van der Waals surface area (Å²) in [6.45, 7) is 3.15. The van der Waals surface area contributed by atoms with E-state index in [1.807, 2.05) is 0 Å². The molecule has 3 atom stereocenters. The van der Waals surface area contributed by atoms with Crippen molar-refractivity contribution in [3.63, 3.8) is 0 Å². The molecule has 0 aliphatic heterocycles. The predicted octanol–water partition coefficient (Wildman–Crippen LogP) is -0.844. The number of aliphatic hydroxyl groups excluding tert-OH is 2. The molecule has 0 fully saturated rings. The van der Waals surface area contributed by atoms with Crippen LogP contribution in [-0.2, 0) is 28.6 Å². The summed E-state index contributed by atoms with van der Waals surface area (Å²) < 4.78 is 14.2. The van der Waals surface area contributed by atoms with Gasteiger partial charge in [-0.3, -0.25) is 14.4 Å². The Balaban J connectivity index is 4.19. The first-order chi connectivity index (χ1) is 9.22. The average molecular weight is 292 g/mol. The van der Waals surface area contributed by atoms with Crippen molar-refractivity contribution in [1.29, 1.82) is 0 Å². The van der Waals surface area contributed by atoms with Crippen LogP contribution in [0.25, 0.3) is 0 Å². The predicted molar refractivity (Wildman–Crippen MR) is 65.5 cm³/mol. The number of aliphatic hydroxyl groups is 2. The van der Waals surface area contributed by atoms with Gasteiger partial charge < -0.3 is 24.4 Å². The first-order valence-electron chi connectivity index (χ1n) is 6.04. The Kier molecular flexibility index (Phi) is 8.49. The molecule has 0 heterocycles. The zero-order valence-electron chi connectivity index (χ0n) is 11.7. The van der Waals surface area contributed by atoms with Gasteiger partial charge in [0, 0.05) is 13.8 Å². The molecular weight excluding hydrogens is 272 g/mol. The van der Waals surface area contributed by atoms with Crippen molar-refractivity contribution in [3.8, 4) is 0 Å². The number of hydrogen-bond donors (Lipinski definition) is 2. The molecule has 0 saturated carbocycles. The number of carbonyl (C=O) groups excluding carboxylic acids is 3. The zero-order valence-corrected chi connectivity index (χ0v) is 11.7. The molecule has 0 spiro atoms. The minimum absolute atomic E-state index is 0.235. The maximum absolute atomic E-state index is 11.3. The minimum Gasteiger partial charge on any atom is -0.462 e. The van der Waals surface area contributed by atoms with Crippen LogP contribution in [0.5, 0.6) is 0 Å². The molecule has 0 rings (SSSR count). The number of hydrogen-bond acceptors (Lipinski definition) is 8. The van der Waals surface area contributed by atoms with E-state index in [1.54, 1.807) is 0 Å². The fraction of sp³-hybridized carbons (Fsp3) is 0.750. The van der Waals surface area contributed by atoms with E-state index in [-0.39, 0.29) is 13.2 Å². The highest BCUT2D eigenvalue weighted by Gasteiger charge is 2.20. The summed E-state index contributed by atoms with van der Waals surface area (Å²) in [6.07, 6.45) is -3.60. The summed E-state index contributed by atoms with van der Waals surface area (Å²) in [7, 11) is 0. The van der Waals surface area contributed by atoms with E-state index in [4.69, 9.17) is 14.6 Å². The normalized spacial score (nSPS) is 14.8. The van der Waals surface area contributed by atoms with E-state index < -0.39 is 42.6 Å². The van der Waals surface area contributed by atoms with Crippen LogP contribution in [0, 0.1) is 0 Å². The van der Waals surface area contributed by atoms with Crippen molar-refractivity contribution in [1.82, 2.24) is 0 Å². The van der Waals surface area contributed by atoms with Gasteiger partial charge in [-0.1, -0.05) is 0 Å². The number of ether oxygens (including phenoxy) is 3. The summed E-state index contributed by atoms with van der Waals surface area (Å²) in [5.41, 5.74) is 0. The lowest BCUT2D eigenvalue weighted by molar-refractivity contribution is -0.165. The van der Waals surface area contributed by atoms with Crippen LogP contribution in [0.1, 0.15) is 27.2 Å². The molecule has 0 aliphatic rings. The Morgan fingerprint density at radius 3 is 2.00 bits per heavy atom. The van der Waals surface area contributed by atoms with E-state index >= 15 is 0 Å². The molecule has 8 heteroatoms. The lowest BCUT2D eigenvalue weighted by Crippen LogP contribution is -2.31. The molecule has 0 aromatic rings. The Bertz CT molecular complexity index is 338. The molecular formula is C12H20O8. The van der Waals surface area contributed by atoms with E-state index in [9.17, 15) is 19.5 Å². The third kappa shape index (κ3) is 9.29. The van der Waals surface area contributed by atoms with E-state index in [0.29, 0.717) is 0 Å². The third-order valence-electron chi connectivity index (χ3n) is 2.17. The first-order valence-corrected chi connectivity index (χ1v) is 6.04. The van der Waals surface area contributed by atoms with Crippen LogP contribution in [0.3, 0.4) is 0 Å². The average Bonchev–Trinajstić information content (AvgIpc) is 2.31. The molecule has 116 valence electrons. The summed E-state index contributed by atoms with van der Waals surface area (Å²) in [5.74, 6) is -1.93. The Morgan fingerprint density at radius 1 is 1.00 bits per heavy atom. The molecule has 0 aromatic heterocycles. The molecule has 3 unspecified atom stereocenters. The SMILES string of the molecule is CC(=O)OCC(COC(=O)CC(O)C(C)O)OC(C)=O. The maximum atomic E-state index is 11.3. The highest BCUT2D eigenvalue weighted by Crippen LogP contribution is 2.03. The van der Waals surface area contributed by atoms with E-state index in [1.165, 1.54) is 20.8 Å². The molecule has 0 aromatic carbocycles. The molecule has 0 aliphatic carbocycles. The standard InChI is InChI=1S/C12H20O8/c1-7(13)11(16)4-12(17)19-6-10(20-9(3)15)5-18-8(2)14/h7,10-11,13,16H,4-6H2,1-3H3. The third-order valence-corrected chi connectivity index (χ3v) is 2.17. The van der Waals surface area contributed by atoms with Crippen LogP contribution >= 0.6 is 0 Å². The minimum atomic E-state index is -1.23. The quantitative estimate of drug-likeness (QED) is 0.439. The van der Waals surface area contributed by atoms with Crippen LogP contribution in [0.2, 0.25) is 0 Å². The fourth-order valence-electron chi connectivity index (χ4n) is 1.15. The van der Waals surface area contributed by atoms with Crippen molar-refractivity contribution in [2.45, 2.75) is 45.5 Å². The van der Waals surface area contributed by atoms with Crippen molar-refractivity contribution >= 4 is 17.9 Å². The summed E-state index contributed by atoms with van der Waals surface area (Å²) >= 11 is 0. The molecule has 0 amide bonds. The number of carbonyl (C=O) groups is 3. The van der Waals surface area contributed by atoms with E-state index in [0.717, 1.165) is 0 Å². The Labute approximate surface area is 116 Å². The molecule has 0 bridgehead atoms. The lowest BCUT2D eigenvalue weighted by Gasteiger charge is -2.18. The van der Waals surface area contributed by atoms with Gasteiger partial charge in [-0.05, 0) is 6.92 Å². The van der Waals surface area contributed by atoms with Crippen LogP contribution in [0.4, 0.5) is 0 Å². The number of rotatable bonds is 8. The Morgan fingerprint density at radius 2 is 1.55 bits per heavy atom. The van der Waals surface area contributed by atoms with Gasteiger partial charge in [0.15, 0.2) is 6.10 Å². The van der Waals surface area contributed by atoms with Gasteiger partial charge in [0.25, 0.3) is 0 Å². The van der Waals surface area contributed by atoms with Gasteiger partial charge >= 0.3 is 17.9 Å². The Hall–Kier alpha value is -1.67. The summed E-state index contributed by atoms with van der Waals surface area (Å²) in [6, 6.07) is 0.